The van der Waals surface area contributed by atoms with Gasteiger partial charge >= 0.3 is 0 Å². The van der Waals surface area contributed by atoms with Crippen molar-refractivity contribution in [2.75, 3.05) is 5.32 Å². The van der Waals surface area contributed by atoms with Crippen molar-refractivity contribution in [1.29, 1.82) is 0 Å². The van der Waals surface area contributed by atoms with Crippen LogP contribution in [0.2, 0.25) is 0 Å². The highest BCUT2D eigenvalue weighted by Gasteiger charge is 2.10. The minimum absolute atomic E-state index is 0.0618. The number of nitrogens with zero attached hydrogens (tertiary/aromatic N) is 1. The van der Waals surface area contributed by atoms with E-state index in [9.17, 15) is 4.79 Å². The van der Waals surface area contributed by atoms with Crippen LogP contribution in [-0.4, -0.2) is 10.9 Å². The summed E-state index contributed by atoms with van der Waals surface area (Å²) in [5.74, 6) is 0.617. The van der Waals surface area contributed by atoms with Gasteiger partial charge in [-0.15, -0.1) is 0 Å². The summed E-state index contributed by atoms with van der Waals surface area (Å²) < 4.78 is 0. The van der Waals surface area contributed by atoms with E-state index < -0.39 is 0 Å². The maximum Gasteiger partial charge on any atom is 0.222 e. The monoisotopic (exact) mass is 190 g/mol. The van der Waals surface area contributed by atoms with Crippen molar-refractivity contribution >= 4 is 11.7 Å². The molecule has 14 heavy (non-hydrogen) atoms. The zero-order valence-corrected chi connectivity index (χ0v) is 8.34. The lowest BCUT2D eigenvalue weighted by Gasteiger charge is -2.15. The maximum absolute atomic E-state index is 10.8. The Hall–Kier alpha value is -1.38. The van der Waals surface area contributed by atoms with Crippen LogP contribution in [0.4, 0.5) is 5.82 Å². The van der Waals surface area contributed by atoms with Crippen molar-refractivity contribution in [2.24, 2.45) is 0 Å². The molecule has 0 unspecified atom stereocenters. The lowest BCUT2D eigenvalue weighted by Crippen LogP contribution is -2.11. The van der Waals surface area contributed by atoms with Gasteiger partial charge in [-0.25, -0.2) is 4.98 Å². The molecule has 74 valence electrons. The number of amides is 1. The van der Waals surface area contributed by atoms with Crippen LogP contribution in [0.3, 0.4) is 0 Å². The number of aromatic nitrogens is 1. The van der Waals surface area contributed by atoms with Gasteiger partial charge < -0.3 is 5.32 Å². The first-order valence-corrected chi connectivity index (χ1v) is 5.02. The topological polar surface area (TPSA) is 42.0 Å². The molecular weight excluding hydrogens is 176 g/mol. The number of rotatable bonds is 1. The quantitative estimate of drug-likeness (QED) is 0.735. The van der Waals surface area contributed by atoms with Gasteiger partial charge in [0.15, 0.2) is 0 Å². The zero-order chi connectivity index (χ0) is 9.97. The van der Waals surface area contributed by atoms with Crippen LogP contribution in [0.15, 0.2) is 12.1 Å². The van der Waals surface area contributed by atoms with E-state index in [0.717, 1.165) is 18.5 Å². The summed E-state index contributed by atoms with van der Waals surface area (Å²) in [5, 5.41) is 2.70. The van der Waals surface area contributed by atoms with Crippen molar-refractivity contribution in [1.82, 2.24) is 4.98 Å². The van der Waals surface area contributed by atoms with E-state index in [1.165, 1.54) is 25.3 Å². The Bertz CT molecular complexity index is 360. The Morgan fingerprint density at radius 1 is 1.36 bits per heavy atom. The van der Waals surface area contributed by atoms with Crippen LogP contribution < -0.4 is 5.32 Å². The van der Waals surface area contributed by atoms with Gasteiger partial charge in [0.05, 0.1) is 0 Å². The molecule has 0 atom stereocenters. The standard InChI is InChI=1S/C11H14N2O/c1-8(14)12-11-7-6-9-4-2-3-5-10(9)13-11/h6-7H,2-5H2,1H3,(H,12,13,14). The Morgan fingerprint density at radius 3 is 2.93 bits per heavy atom. The SMILES string of the molecule is CC(=O)Nc1ccc2c(n1)CCCC2. The third-order valence-corrected chi connectivity index (χ3v) is 2.48. The van der Waals surface area contributed by atoms with Crippen LogP contribution in [-0.2, 0) is 17.6 Å². The Morgan fingerprint density at radius 2 is 2.14 bits per heavy atom. The van der Waals surface area contributed by atoms with Crippen LogP contribution in [0.5, 0.6) is 0 Å². The summed E-state index contributed by atoms with van der Waals surface area (Å²) in [6, 6.07) is 3.96. The first-order chi connectivity index (χ1) is 6.75. The molecule has 3 heteroatoms. The van der Waals surface area contributed by atoms with Crippen molar-refractivity contribution in [3.63, 3.8) is 0 Å². The van der Waals surface area contributed by atoms with Crippen LogP contribution >= 0.6 is 0 Å². The average Bonchev–Trinajstić information content (AvgIpc) is 2.17. The summed E-state index contributed by atoms with van der Waals surface area (Å²) >= 11 is 0. The Labute approximate surface area is 83.5 Å². The first-order valence-electron chi connectivity index (χ1n) is 5.02. The third kappa shape index (κ3) is 1.92. The second kappa shape index (κ2) is 3.78. The fourth-order valence-corrected chi connectivity index (χ4v) is 1.83. The van der Waals surface area contributed by atoms with Crippen LogP contribution in [0.1, 0.15) is 31.0 Å². The molecule has 0 radical (unpaired) electrons. The molecule has 0 fully saturated rings. The van der Waals surface area contributed by atoms with Gasteiger partial charge in [0.1, 0.15) is 5.82 Å². The molecule has 1 aliphatic carbocycles. The van der Waals surface area contributed by atoms with E-state index >= 15 is 0 Å². The first kappa shape index (κ1) is 9.19. The predicted octanol–water partition coefficient (Wildman–Crippen LogP) is 1.92. The highest BCUT2D eigenvalue weighted by atomic mass is 16.1. The van der Waals surface area contributed by atoms with Crippen LogP contribution in [0.25, 0.3) is 0 Å². The van der Waals surface area contributed by atoms with Crippen molar-refractivity contribution in [3.8, 4) is 0 Å². The predicted molar refractivity (Wildman–Crippen MR) is 55.2 cm³/mol. The molecule has 1 amide bonds. The molecule has 0 spiro atoms. The van der Waals surface area contributed by atoms with Crippen molar-refractivity contribution in [3.05, 3.63) is 23.4 Å². The molecule has 0 aromatic carbocycles. The van der Waals surface area contributed by atoms with E-state index in [2.05, 4.69) is 16.4 Å². The molecule has 1 heterocycles. The molecule has 0 aliphatic heterocycles. The summed E-state index contributed by atoms with van der Waals surface area (Å²) in [6.45, 7) is 1.50. The summed E-state index contributed by atoms with van der Waals surface area (Å²) in [7, 11) is 0. The second-order valence-corrected chi connectivity index (χ2v) is 3.69. The molecular formula is C11H14N2O. The van der Waals surface area contributed by atoms with E-state index in [1.807, 2.05) is 6.07 Å². The van der Waals surface area contributed by atoms with E-state index in [0.29, 0.717) is 5.82 Å². The molecule has 1 aliphatic rings. The number of carbonyl (C=O) groups is 1. The maximum atomic E-state index is 10.8. The molecule has 3 nitrogen and oxygen atoms in total. The lowest BCUT2D eigenvalue weighted by atomic mass is 9.96. The zero-order valence-electron chi connectivity index (χ0n) is 8.34. The number of fused-ring (bicyclic) bond motifs is 1. The van der Waals surface area contributed by atoms with E-state index in [4.69, 9.17) is 0 Å². The number of anilines is 1. The van der Waals surface area contributed by atoms with Gasteiger partial charge in [-0.2, -0.15) is 0 Å². The second-order valence-electron chi connectivity index (χ2n) is 3.69. The van der Waals surface area contributed by atoms with Gasteiger partial charge in [-0.1, -0.05) is 6.07 Å². The molecule has 1 N–H and O–H groups in total. The summed E-state index contributed by atoms with van der Waals surface area (Å²) in [6.07, 6.45) is 4.64. The minimum atomic E-state index is -0.0618. The third-order valence-electron chi connectivity index (χ3n) is 2.48. The molecule has 2 rings (SSSR count). The van der Waals surface area contributed by atoms with E-state index in [1.54, 1.807) is 0 Å². The number of nitrogens with one attached hydrogen (secondary N) is 1. The highest BCUT2D eigenvalue weighted by molar-refractivity contribution is 5.87. The summed E-state index contributed by atoms with van der Waals surface area (Å²) in [5.41, 5.74) is 2.49. The summed E-state index contributed by atoms with van der Waals surface area (Å²) in [4.78, 5) is 15.3. The molecule has 1 aromatic rings. The fraction of sp³-hybridized carbons (Fsp3) is 0.455. The lowest BCUT2D eigenvalue weighted by molar-refractivity contribution is -0.114. The smallest absolute Gasteiger partial charge is 0.222 e. The van der Waals surface area contributed by atoms with Gasteiger partial charge in [0.2, 0.25) is 5.91 Å². The number of hydrogen-bond acceptors (Lipinski definition) is 2. The van der Waals surface area contributed by atoms with Gasteiger partial charge in [-0.05, 0) is 37.3 Å². The largest absolute Gasteiger partial charge is 0.311 e. The minimum Gasteiger partial charge on any atom is -0.311 e. The fourth-order valence-electron chi connectivity index (χ4n) is 1.83. The van der Waals surface area contributed by atoms with Gasteiger partial charge in [0, 0.05) is 12.6 Å². The van der Waals surface area contributed by atoms with Gasteiger partial charge in [-0.3, -0.25) is 4.79 Å². The highest BCUT2D eigenvalue weighted by Crippen LogP contribution is 2.20. The molecule has 0 bridgehead atoms. The number of carbonyl (C=O) groups excluding carboxylic acids is 1. The number of hydrogen-bond donors (Lipinski definition) is 1. The van der Waals surface area contributed by atoms with Gasteiger partial charge in [0.25, 0.3) is 0 Å². The van der Waals surface area contributed by atoms with Crippen molar-refractivity contribution < 1.29 is 4.79 Å². The molecule has 0 saturated carbocycles. The molecule has 1 aromatic heterocycles. The Balaban J connectivity index is 2.24. The molecule has 0 saturated heterocycles. The Kier molecular flexibility index (Phi) is 2.48. The average molecular weight is 190 g/mol. The normalized spacial score (nSPS) is 14.6. The van der Waals surface area contributed by atoms with Crippen LogP contribution in [0, 0.1) is 0 Å². The number of pyridine rings is 1. The van der Waals surface area contributed by atoms with E-state index in [-0.39, 0.29) is 5.91 Å². The van der Waals surface area contributed by atoms with Crippen molar-refractivity contribution in [2.45, 2.75) is 32.6 Å². The number of aryl methyl sites for hydroxylation is 2.